The number of rotatable bonds is 5. The molecule has 2 aromatic heterocycles. The summed E-state index contributed by atoms with van der Waals surface area (Å²) < 4.78 is 12.6. The fourth-order valence-electron chi connectivity index (χ4n) is 2.66. The molecule has 6 heteroatoms. The van der Waals surface area contributed by atoms with E-state index in [1.165, 1.54) is 0 Å². The number of benzene rings is 1. The number of fused-ring (bicyclic) bond motifs is 1. The summed E-state index contributed by atoms with van der Waals surface area (Å²) >= 11 is 0. The van der Waals surface area contributed by atoms with Crippen molar-refractivity contribution in [1.29, 1.82) is 0 Å². The van der Waals surface area contributed by atoms with Crippen LogP contribution in [0.1, 0.15) is 5.56 Å². The van der Waals surface area contributed by atoms with Crippen LogP contribution in [0.2, 0.25) is 0 Å². The van der Waals surface area contributed by atoms with Crippen molar-refractivity contribution in [3.63, 3.8) is 0 Å². The second-order valence-corrected chi connectivity index (χ2v) is 5.39. The average molecular weight is 312 g/mol. The minimum absolute atomic E-state index is 0.685. The third-order valence-corrected chi connectivity index (χ3v) is 3.78. The molecule has 0 amide bonds. The lowest BCUT2D eigenvalue weighted by atomic mass is 10.2. The average Bonchev–Trinajstić information content (AvgIpc) is 2.92. The van der Waals surface area contributed by atoms with E-state index in [0.29, 0.717) is 6.54 Å². The Labute approximate surface area is 135 Å². The Bertz CT molecular complexity index is 806. The van der Waals surface area contributed by atoms with E-state index in [1.54, 1.807) is 20.4 Å². The first kappa shape index (κ1) is 15.1. The molecule has 0 aliphatic heterocycles. The lowest BCUT2D eigenvalue weighted by Crippen LogP contribution is -2.20. The Hall–Kier alpha value is -2.76. The fourth-order valence-corrected chi connectivity index (χ4v) is 2.66. The molecule has 0 aliphatic carbocycles. The van der Waals surface area contributed by atoms with Gasteiger partial charge in [0.25, 0.3) is 0 Å². The van der Waals surface area contributed by atoms with Gasteiger partial charge < -0.3 is 14.4 Å². The minimum Gasteiger partial charge on any atom is -0.497 e. The summed E-state index contributed by atoms with van der Waals surface area (Å²) in [6.07, 6.45) is 1.78. The minimum atomic E-state index is 0.685. The first-order chi connectivity index (χ1) is 11.1. The lowest BCUT2D eigenvalue weighted by molar-refractivity contribution is 0.393. The number of imidazole rings is 1. The van der Waals surface area contributed by atoms with Crippen molar-refractivity contribution in [2.45, 2.75) is 6.54 Å². The number of hydrogen-bond acceptors (Lipinski definition) is 5. The molecule has 0 saturated carbocycles. The van der Waals surface area contributed by atoms with E-state index in [4.69, 9.17) is 9.47 Å². The van der Waals surface area contributed by atoms with E-state index in [1.807, 2.05) is 49.0 Å². The van der Waals surface area contributed by atoms with Crippen LogP contribution in [-0.4, -0.2) is 35.8 Å². The number of anilines is 1. The van der Waals surface area contributed by atoms with Gasteiger partial charge in [-0.25, -0.2) is 9.97 Å². The highest BCUT2D eigenvalue weighted by Crippen LogP contribution is 2.25. The first-order valence-corrected chi connectivity index (χ1v) is 7.33. The predicted octanol–water partition coefficient (Wildman–Crippen LogP) is 2.62. The Morgan fingerprint density at radius 3 is 2.43 bits per heavy atom. The number of aromatic nitrogens is 3. The normalized spacial score (nSPS) is 10.8. The largest absolute Gasteiger partial charge is 0.497 e. The van der Waals surface area contributed by atoms with Crippen LogP contribution in [0.4, 0.5) is 5.95 Å². The predicted molar refractivity (Wildman–Crippen MR) is 90.2 cm³/mol. The smallest absolute Gasteiger partial charge is 0.207 e. The van der Waals surface area contributed by atoms with Crippen molar-refractivity contribution in [2.24, 2.45) is 7.05 Å². The van der Waals surface area contributed by atoms with Crippen molar-refractivity contribution in [3.05, 3.63) is 42.1 Å². The molecule has 0 atom stereocenters. The third kappa shape index (κ3) is 2.92. The van der Waals surface area contributed by atoms with Crippen LogP contribution in [0.5, 0.6) is 11.5 Å². The van der Waals surface area contributed by atoms with Gasteiger partial charge in [-0.3, -0.25) is 4.57 Å². The highest BCUT2D eigenvalue weighted by atomic mass is 16.5. The number of pyridine rings is 1. The summed E-state index contributed by atoms with van der Waals surface area (Å²) in [5.74, 6) is 2.42. The standard InChI is InChI=1S/C17H20N4O2/c1-20(11-12-8-13(22-3)10-14(9-12)23-4)17-19-15-6-5-7-18-16(15)21(17)2/h5-10H,11H2,1-4H3. The molecule has 0 unspecified atom stereocenters. The van der Waals surface area contributed by atoms with Crippen molar-refractivity contribution in [2.75, 3.05) is 26.2 Å². The number of aryl methyl sites for hydroxylation is 1. The van der Waals surface area contributed by atoms with E-state index >= 15 is 0 Å². The zero-order valence-corrected chi connectivity index (χ0v) is 13.8. The van der Waals surface area contributed by atoms with Gasteiger partial charge in [0, 0.05) is 32.9 Å². The van der Waals surface area contributed by atoms with Gasteiger partial charge in [-0.05, 0) is 29.8 Å². The van der Waals surface area contributed by atoms with Crippen LogP contribution in [0.25, 0.3) is 11.2 Å². The SMILES string of the molecule is COc1cc(CN(C)c2nc3cccnc3n2C)cc(OC)c1. The van der Waals surface area contributed by atoms with Crippen molar-refractivity contribution in [1.82, 2.24) is 14.5 Å². The summed E-state index contributed by atoms with van der Waals surface area (Å²) in [4.78, 5) is 11.1. The van der Waals surface area contributed by atoms with E-state index in [9.17, 15) is 0 Å². The lowest BCUT2D eigenvalue weighted by Gasteiger charge is -2.19. The van der Waals surface area contributed by atoms with E-state index in [2.05, 4.69) is 14.9 Å². The maximum absolute atomic E-state index is 5.33. The maximum Gasteiger partial charge on any atom is 0.207 e. The molecule has 6 nitrogen and oxygen atoms in total. The quantitative estimate of drug-likeness (QED) is 0.725. The number of methoxy groups -OCH3 is 2. The van der Waals surface area contributed by atoms with Crippen LogP contribution in [-0.2, 0) is 13.6 Å². The molecule has 3 rings (SSSR count). The molecular formula is C17H20N4O2. The van der Waals surface area contributed by atoms with Gasteiger partial charge in [0.15, 0.2) is 5.65 Å². The van der Waals surface area contributed by atoms with Crippen LogP contribution in [0.3, 0.4) is 0 Å². The molecule has 120 valence electrons. The summed E-state index contributed by atoms with van der Waals surface area (Å²) in [5, 5.41) is 0. The molecule has 23 heavy (non-hydrogen) atoms. The zero-order valence-electron chi connectivity index (χ0n) is 13.8. The number of ether oxygens (including phenoxy) is 2. The fraction of sp³-hybridized carbons (Fsp3) is 0.294. The molecule has 0 fully saturated rings. The summed E-state index contributed by atoms with van der Waals surface area (Å²) in [5.41, 5.74) is 2.85. The molecular weight excluding hydrogens is 292 g/mol. The molecule has 3 aromatic rings. The Balaban J connectivity index is 1.91. The molecule has 0 N–H and O–H groups in total. The van der Waals surface area contributed by atoms with Crippen LogP contribution in [0.15, 0.2) is 36.5 Å². The van der Waals surface area contributed by atoms with Crippen LogP contribution < -0.4 is 14.4 Å². The molecule has 2 heterocycles. The second-order valence-electron chi connectivity index (χ2n) is 5.39. The molecule has 0 aliphatic rings. The van der Waals surface area contributed by atoms with Gasteiger partial charge in [0.2, 0.25) is 5.95 Å². The number of nitrogens with zero attached hydrogens (tertiary/aromatic N) is 4. The molecule has 0 radical (unpaired) electrons. The Morgan fingerprint density at radius 1 is 1.13 bits per heavy atom. The van der Waals surface area contributed by atoms with Crippen molar-refractivity contribution < 1.29 is 9.47 Å². The first-order valence-electron chi connectivity index (χ1n) is 7.33. The van der Waals surface area contributed by atoms with Crippen LogP contribution >= 0.6 is 0 Å². The Kier molecular flexibility index (Phi) is 4.06. The topological polar surface area (TPSA) is 52.4 Å². The van der Waals surface area contributed by atoms with Crippen molar-refractivity contribution in [3.8, 4) is 11.5 Å². The van der Waals surface area contributed by atoms with Crippen molar-refractivity contribution >= 4 is 17.1 Å². The summed E-state index contributed by atoms with van der Waals surface area (Å²) in [7, 11) is 7.28. The molecule has 0 spiro atoms. The second kappa shape index (κ2) is 6.16. The number of hydrogen-bond donors (Lipinski definition) is 0. The third-order valence-electron chi connectivity index (χ3n) is 3.78. The van der Waals surface area contributed by atoms with E-state index < -0.39 is 0 Å². The highest BCUT2D eigenvalue weighted by molar-refractivity contribution is 5.74. The van der Waals surface area contributed by atoms with Gasteiger partial charge in [0.1, 0.15) is 17.0 Å². The van der Waals surface area contributed by atoms with Gasteiger partial charge >= 0.3 is 0 Å². The maximum atomic E-state index is 5.33. The van der Waals surface area contributed by atoms with Crippen LogP contribution in [0, 0.1) is 0 Å². The molecule has 1 aromatic carbocycles. The van der Waals surface area contributed by atoms with Gasteiger partial charge in [-0.1, -0.05) is 0 Å². The van der Waals surface area contributed by atoms with E-state index in [-0.39, 0.29) is 0 Å². The Morgan fingerprint density at radius 2 is 1.83 bits per heavy atom. The summed E-state index contributed by atoms with van der Waals surface area (Å²) in [6, 6.07) is 9.72. The van der Waals surface area contributed by atoms with Gasteiger partial charge in [-0.15, -0.1) is 0 Å². The molecule has 0 bridgehead atoms. The van der Waals surface area contributed by atoms with E-state index in [0.717, 1.165) is 34.2 Å². The highest BCUT2D eigenvalue weighted by Gasteiger charge is 2.13. The molecule has 0 saturated heterocycles. The van der Waals surface area contributed by atoms with Gasteiger partial charge in [-0.2, -0.15) is 0 Å². The zero-order chi connectivity index (χ0) is 16.4. The van der Waals surface area contributed by atoms with Gasteiger partial charge in [0.05, 0.1) is 14.2 Å². The summed E-state index contributed by atoms with van der Waals surface area (Å²) in [6.45, 7) is 0.685. The monoisotopic (exact) mass is 312 g/mol.